The molecule has 0 fully saturated rings. The summed E-state index contributed by atoms with van der Waals surface area (Å²) in [6.45, 7) is 6.39. The second-order valence-electron chi connectivity index (χ2n) is 4.94. The molecule has 3 nitrogen and oxygen atoms in total. The first kappa shape index (κ1) is 15.0. The number of halogens is 1. The zero-order valence-corrected chi connectivity index (χ0v) is 12.6. The van der Waals surface area contributed by atoms with Gasteiger partial charge in [-0.25, -0.2) is 4.39 Å². The van der Waals surface area contributed by atoms with E-state index < -0.39 is 0 Å². The number of hydrogen-bond donors (Lipinski definition) is 1. The molecule has 2 N–H and O–H groups in total. The summed E-state index contributed by atoms with van der Waals surface area (Å²) in [6, 6.07) is 12.4. The summed E-state index contributed by atoms with van der Waals surface area (Å²) in [5, 5.41) is 6.17. The minimum Gasteiger partial charge on any atom is -0.398 e. The lowest BCUT2D eigenvalue weighted by Crippen LogP contribution is -2.19. The zero-order chi connectivity index (χ0) is 15.4. The van der Waals surface area contributed by atoms with E-state index in [2.05, 4.69) is 5.10 Å². The molecule has 0 unspecified atom stereocenters. The third-order valence-corrected chi connectivity index (χ3v) is 3.30. The van der Waals surface area contributed by atoms with E-state index in [9.17, 15) is 4.39 Å². The largest absolute Gasteiger partial charge is 0.398 e. The topological polar surface area (TPSA) is 41.6 Å². The van der Waals surface area contributed by atoms with E-state index in [1.54, 1.807) is 23.2 Å². The van der Waals surface area contributed by atoms with Gasteiger partial charge in [0.25, 0.3) is 0 Å². The predicted octanol–water partition coefficient (Wildman–Crippen LogP) is 3.97. The van der Waals surface area contributed by atoms with E-state index in [0.717, 1.165) is 16.8 Å². The standard InChI is InChI=1S/C17H20FN3/c1-4-21(17-8-6-5-7-15(17)18)20-13(3)14-11-12(2)9-10-16(14)19/h5-11H,4,19H2,1-3H3/b20-13+. The molecule has 110 valence electrons. The molecular weight excluding hydrogens is 265 g/mol. The van der Waals surface area contributed by atoms with Crippen LogP contribution in [0.5, 0.6) is 0 Å². The Kier molecular flexibility index (Phi) is 4.58. The Morgan fingerprint density at radius 3 is 2.62 bits per heavy atom. The second-order valence-corrected chi connectivity index (χ2v) is 4.94. The lowest BCUT2D eigenvalue weighted by Gasteiger charge is -2.19. The zero-order valence-electron chi connectivity index (χ0n) is 12.6. The van der Waals surface area contributed by atoms with Gasteiger partial charge in [0.1, 0.15) is 5.82 Å². The fraction of sp³-hybridized carbons (Fsp3) is 0.235. The number of hydrazone groups is 1. The van der Waals surface area contributed by atoms with Crippen LogP contribution in [0.15, 0.2) is 47.6 Å². The number of para-hydroxylation sites is 1. The van der Waals surface area contributed by atoms with Gasteiger partial charge in [-0.05, 0) is 45.0 Å². The Morgan fingerprint density at radius 1 is 1.24 bits per heavy atom. The molecule has 0 saturated carbocycles. The average molecular weight is 285 g/mol. The third-order valence-electron chi connectivity index (χ3n) is 3.30. The Bertz CT molecular complexity index is 665. The number of nitrogens with zero attached hydrogens (tertiary/aromatic N) is 2. The van der Waals surface area contributed by atoms with Crippen LogP contribution in [-0.2, 0) is 0 Å². The van der Waals surface area contributed by atoms with Crippen molar-refractivity contribution in [1.29, 1.82) is 0 Å². The molecule has 0 saturated heterocycles. The van der Waals surface area contributed by atoms with Crippen LogP contribution in [0.25, 0.3) is 0 Å². The third kappa shape index (κ3) is 3.40. The van der Waals surface area contributed by atoms with E-state index in [4.69, 9.17) is 5.73 Å². The minimum absolute atomic E-state index is 0.284. The number of nitrogen functional groups attached to an aromatic ring is 1. The van der Waals surface area contributed by atoms with E-state index in [1.165, 1.54) is 6.07 Å². The van der Waals surface area contributed by atoms with Crippen molar-refractivity contribution >= 4 is 17.1 Å². The molecule has 2 rings (SSSR count). The molecule has 21 heavy (non-hydrogen) atoms. The van der Waals surface area contributed by atoms with Crippen molar-refractivity contribution in [3.8, 4) is 0 Å². The maximum absolute atomic E-state index is 13.9. The average Bonchev–Trinajstić information content (AvgIpc) is 2.48. The van der Waals surface area contributed by atoms with Crippen LogP contribution in [0.4, 0.5) is 15.8 Å². The number of anilines is 2. The highest BCUT2D eigenvalue weighted by molar-refractivity contribution is 6.03. The van der Waals surface area contributed by atoms with E-state index in [1.807, 2.05) is 39.0 Å². The molecule has 0 aliphatic heterocycles. The summed E-state index contributed by atoms with van der Waals surface area (Å²) in [6.07, 6.45) is 0. The van der Waals surface area contributed by atoms with Crippen LogP contribution in [0, 0.1) is 12.7 Å². The van der Waals surface area contributed by atoms with Crippen molar-refractivity contribution in [3.05, 3.63) is 59.4 Å². The lowest BCUT2D eigenvalue weighted by molar-refractivity contribution is 0.620. The first-order valence-corrected chi connectivity index (χ1v) is 6.96. The van der Waals surface area contributed by atoms with Gasteiger partial charge in [-0.2, -0.15) is 5.10 Å². The van der Waals surface area contributed by atoms with E-state index in [0.29, 0.717) is 17.9 Å². The van der Waals surface area contributed by atoms with E-state index >= 15 is 0 Å². The number of rotatable bonds is 4. The minimum atomic E-state index is -0.284. The van der Waals surface area contributed by atoms with Crippen molar-refractivity contribution in [1.82, 2.24) is 0 Å². The first-order valence-electron chi connectivity index (χ1n) is 6.96. The van der Waals surface area contributed by atoms with Gasteiger partial charge in [0.15, 0.2) is 0 Å². The highest BCUT2D eigenvalue weighted by atomic mass is 19.1. The maximum atomic E-state index is 13.9. The summed E-state index contributed by atoms with van der Waals surface area (Å²) >= 11 is 0. The Hall–Kier alpha value is -2.36. The van der Waals surface area contributed by atoms with E-state index in [-0.39, 0.29) is 5.82 Å². The monoisotopic (exact) mass is 285 g/mol. The fourth-order valence-corrected chi connectivity index (χ4v) is 2.17. The van der Waals surface area contributed by atoms with Crippen LogP contribution < -0.4 is 10.7 Å². The van der Waals surface area contributed by atoms with Crippen LogP contribution in [-0.4, -0.2) is 12.3 Å². The van der Waals surface area contributed by atoms with Crippen molar-refractivity contribution in [2.75, 3.05) is 17.3 Å². The molecule has 0 spiro atoms. The van der Waals surface area contributed by atoms with Gasteiger partial charge in [0.2, 0.25) is 0 Å². The number of aryl methyl sites for hydroxylation is 1. The van der Waals surface area contributed by atoms with Crippen molar-refractivity contribution in [3.63, 3.8) is 0 Å². The highest BCUT2D eigenvalue weighted by Crippen LogP contribution is 2.21. The summed E-state index contributed by atoms with van der Waals surface area (Å²) in [7, 11) is 0. The van der Waals surface area contributed by atoms with Gasteiger partial charge >= 0.3 is 0 Å². The smallest absolute Gasteiger partial charge is 0.148 e. The highest BCUT2D eigenvalue weighted by Gasteiger charge is 2.10. The van der Waals surface area contributed by atoms with Crippen LogP contribution >= 0.6 is 0 Å². The summed E-state index contributed by atoms with van der Waals surface area (Å²) < 4.78 is 13.9. The van der Waals surface area contributed by atoms with Gasteiger partial charge in [0, 0.05) is 17.8 Å². The first-order chi connectivity index (χ1) is 10.0. The summed E-state index contributed by atoms with van der Waals surface area (Å²) in [5.41, 5.74) is 9.90. The van der Waals surface area contributed by atoms with Gasteiger partial charge in [0.05, 0.1) is 11.4 Å². The van der Waals surface area contributed by atoms with Gasteiger partial charge in [-0.1, -0.05) is 23.8 Å². The fourth-order valence-electron chi connectivity index (χ4n) is 2.17. The van der Waals surface area contributed by atoms with Gasteiger partial charge in [-0.15, -0.1) is 0 Å². The van der Waals surface area contributed by atoms with Crippen molar-refractivity contribution in [2.24, 2.45) is 5.10 Å². The molecule has 0 aromatic heterocycles. The Morgan fingerprint density at radius 2 is 1.95 bits per heavy atom. The maximum Gasteiger partial charge on any atom is 0.148 e. The summed E-state index contributed by atoms with van der Waals surface area (Å²) in [5.74, 6) is -0.284. The van der Waals surface area contributed by atoms with Gasteiger partial charge < -0.3 is 5.73 Å². The van der Waals surface area contributed by atoms with Crippen molar-refractivity contribution in [2.45, 2.75) is 20.8 Å². The Labute approximate surface area is 124 Å². The van der Waals surface area contributed by atoms with Crippen LogP contribution in [0.3, 0.4) is 0 Å². The molecule has 0 atom stereocenters. The molecule has 0 aliphatic rings. The molecule has 4 heteroatoms. The Balaban J connectivity index is 2.40. The molecule has 0 aliphatic carbocycles. The molecule has 0 radical (unpaired) electrons. The molecule has 0 heterocycles. The van der Waals surface area contributed by atoms with Crippen LogP contribution in [0.1, 0.15) is 25.0 Å². The SMILES string of the molecule is CCN(/N=C(\C)c1cc(C)ccc1N)c1ccccc1F. The normalized spacial score (nSPS) is 11.5. The number of benzene rings is 2. The molecular formula is C17H20FN3. The lowest BCUT2D eigenvalue weighted by atomic mass is 10.1. The molecule has 2 aromatic carbocycles. The van der Waals surface area contributed by atoms with Crippen LogP contribution in [0.2, 0.25) is 0 Å². The number of nitrogens with two attached hydrogens (primary N) is 1. The van der Waals surface area contributed by atoms with Crippen molar-refractivity contribution < 1.29 is 4.39 Å². The second kappa shape index (κ2) is 6.39. The molecule has 0 bridgehead atoms. The molecule has 2 aromatic rings. The number of hydrogen-bond acceptors (Lipinski definition) is 3. The summed E-state index contributed by atoms with van der Waals surface area (Å²) in [4.78, 5) is 0. The quantitative estimate of drug-likeness (QED) is 0.524. The van der Waals surface area contributed by atoms with Gasteiger partial charge in [-0.3, -0.25) is 5.01 Å². The predicted molar refractivity (Wildman–Crippen MR) is 87.2 cm³/mol. The molecule has 0 amide bonds.